The fourth-order valence-electron chi connectivity index (χ4n) is 1.58. The van der Waals surface area contributed by atoms with Crippen LogP contribution in [0, 0.1) is 0 Å². The molecule has 0 spiro atoms. The molecule has 0 amide bonds. The van der Waals surface area contributed by atoms with Gasteiger partial charge < -0.3 is 9.84 Å². The third-order valence-electron chi connectivity index (χ3n) is 2.82. The van der Waals surface area contributed by atoms with Gasteiger partial charge in [-0.05, 0) is 18.6 Å². The summed E-state index contributed by atoms with van der Waals surface area (Å²) >= 11 is 0. The Bertz CT molecular complexity index is 516. The Balaban J connectivity index is 1.97. The second-order valence-corrected chi connectivity index (χ2v) is 5.67. The fraction of sp³-hybridized carbons (Fsp3) is 0.500. The van der Waals surface area contributed by atoms with Crippen LogP contribution in [-0.2, 0) is 12.0 Å². The van der Waals surface area contributed by atoms with Crippen LogP contribution in [0.2, 0.25) is 0 Å². The van der Waals surface area contributed by atoms with Crippen LogP contribution in [0.5, 0.6) is 0 Å². The molecule has 0 saturated carbocycles. The van der Waals surface area contributed by atoms with E-state index in [1.54, 1.807) is 6.20 Å². The van der Waals surface area contributed by atoms with Crippen molar-refractivity contribution in [2.75, 3.05) is 0 Å². The predicted molar refractivity (Wildman–Crippen MR) is 72.5 cm³/mol. The zero-order valence-electron chi connectivity index (χ0n) is 11.8. The molecule has 2 rings (SSSR count). The average Bonchev–Trinajstić information content (AvgIpc) is 2.87. The number of hydrogen-bond donors (Lipinski definition) is 1. The van der Waals surface area contributed by atoms with Crippen LogP contribution in [0.1, 0.15) is 51.0 Å². The van der Waals surface area contributed by atoms with Crippen molar-refractivity contribution in [2.45, 2.75) is 45.7 Å². The van der Waals surface area contributed by atoms with Crippen LogP contribution in [-0.4, -0.2) is 15.1 Å². The summed E-state index contributed by atoms with van der Waals surface area (Å²) < 4.78 is 5.30. The van der Waals surface area contributed by atoms with Gasteiger partial charge in [0.2, 0.25) is 5.89 Å². The molecule has 2 aromatic rings. The highest BCUT2D eigenvalue weighted by atomic mass is 16.5. The van der Waals surface area contributed by atoms with E-state index < -0.39 is 0 Å². The highest BCUT2D eigenvalue weighted by molar-refractivity contribution is 5.08. The van der Waals surface area contributed by atoms with E-state index in [-0.39, 0.29) is 11.5 Å². The van der Waals surface area contributed by atoms with Crippen molar-refractivity contribution in [3.63, 3.8) is 0 Å². The molecule has 0 radical (unpaired) electrons. The second-order valence-electron chi connectivity index (χ2n) is 5.67. The van der Waals surface area contributed by atoms with Crippen LogP contribution in [0.4, 0.5) is 0 Å². The van der Waals surface area contributed by atoms with Crippen molar-refractivity contribution in [3.8, 4) is 0 Å². The SMILES string of the molecule is CC(NCc1cccnc1)c1nc(C(C)(C)C)no1. The monoisotopic (exact) mass is 260 g/mol. The van der Waals surface area contributed by atoms with Crippen LogP contribution >= 0.6 is 0 Å². The lowest BCUT2D eigenvalue weighted by Gasteiger charge is -2.11. The third-order valence-corrected chi connectivity index (χ3v) is 2.82. The van der Waals surface area contributed by atoms with Crippen LogP contribution in [0.3, 0.4) is 0 Å². The molecular formula is C14H20N4O. The molecule has 5 heteroatoms. The van der Waals surface area contributed by atoms with Gasteiger partial charge in [-0.25, -0.2) is 0 Å². The van der Waals surface area contributed by atoms with E-state index in [0.717, 1.165) is 17.9 Å². The molecule has 2 aromatic heterocycles. The van der Waals surface area contributed by atoms with Crippen LogP contribution in [0.15, 0.2) is 29.0 Å². The first-order chi connectivity index (χ1) is 8.97. The maximum atomic E-state index is 5.30. The molecule has 19 heavy (non-hydrogen) atoms. The predicted octanol–water partition coefficient (Wildman–Crippen LogP) is 2.61. The Kier molecular flexibility index (Phi) is 3.95. The summed E-state index contributed by atoms with van der Waals surface area (Å²) in [6.07, 6.45) is 3.61. The number of nitrogens with zero attached hydrogens (tertiary/aromatic N) is 3. The van der Waals surface area contributed by atoms with Gasteiger partial charge in [-0.15, -0.1) is 0 Å². The average molecular weight is 260 g/mol. The normalized spacial score (nSPS) is 13.5. The summed E-state index contributed by atoms with van der Waals surface area (Å²) in [6, 6.07) is 3.97. The van der Waals surface area contributed by atoms with Crippen molar-refractivity contribution in [1.29, 1.82) is 0 Å². The number of hydrogen-bond acceptors (Lipinski definition) is 5. The lowest BCUT2D eigenvalue weighted by Crippen LogP contribution is -2.19. The highest BCUT2D eigenvalue weighted by Crippen LogP contribution is 2.20. The lowest BCUT2D eigenvalue weighted by molar-refractivity contribution is 0.330. The van der Waals surface area contributed by atoms with E-state index in [2.05, 4.69) is 41.2 Å². The van der Waals surface area contributed by atoms with Crippen LogP contribution in [0.25, 0.3) is 0 Å². The van der Waals surface area contributed by atoms with Crippen LogP contribution < -0.4 is 5.32 Å². The smallest absolute Gasteiger partial charge is 0.243 e. The minimum atomic E-state index is -0.0924. The Hall–Kier alpha value is -1.75. The van der Waals surface area contributed by atoms with E-state index >= 15 is 0 Å². The molecule has 0 bridgehead atoms. The summed E-state index contributed by atoms with van der Waals surface area (Å²) in [5, 5.41) is 7.37. The molecule has 0 aromatic carbocycles. The van der Waals surface area contributed by atoms with Crippen molar-refractivity contribution < 1.29 is 4.52 Å². The first-order valence-corrected chi connectivity index (χ1v) is 6.43. The highest BCUT2D eigenvalue weighted by Gasteiger charge is 2.22. The maximum Gasteiger partial charge on any atom is 0.243 e. The molecule has 2 heterocycles. The van der Waals surface area contributed by atoms with E-state index in [4.69, 9.17) is 4.52 Å². The summed E-state index contributed by atoms with van der Waals surface area (Å²) in [7, 11) is 0. The first-order valence-electron chi connectivity index (χ1n) is 6.43. The molecule has 0 aliphatic heterocycles. The Morgan fingerprint density at radius 1 is 1.37 bits per heavy atom. The summed E-state index contributed by atoms with van der Waals surface area (Å²) in [5.74, 6) is 1.35. The van der Waals surface area contributed by atoms with Gasteiger partial charge in [-0.3, -0.25) is 4.98 Å². The standard InChI is InChI=1S/C14H20N4O/c1-10(16-9-11-6-5-7-15-8-11)12-17-13(18-19-12)14(2,3)4/h5-8,10,16H,9H2,1-4H3. The van der Waals surface area contributed by atoms with Crippen molar-refractivity contribution >= 4 is 0 Å². The van der Waals surface area contributed by atoms with Gasteiger partial charge in [-0.2, -0.15) is 4.98 Å². The quantitative estimate of drug-likeness (QED) is 0.915. The zero-order valence-corrected chi connectivity index (χ0v) is 11.8. The Labute approximate surface area is 113 Å². The molecule has 1 unspecified atom stereocenters. The second kappa shape index (κ2) is 5.48. The largest absolute Gasteiger partial charge is 0.338 e. The topological polar surface area (TPSA) is 63.8 Å². The minimum Gasteiger partial charge on any atom is -0.338 e. The molecule has 102 valence electrons. The number of pyridine rings is 1. The van der Waals surface area contributed by atoms with Gasteiger partial charge in [-0.1, -0.05) is 32.0 Å². The fourth-order valence-corrected chi connectivity index (χ4v) is 1.58. The molecule has 1 N–H and O–H groups in total. The summed E-state index contributed by atoms with van der Waals surface area (Å²) in [5.41, 5.74) is 1.04. The molecule has 1 atom stereocenters. The van der Waals surface area contributed by atoms with Gasteiger partial charge in [0.1, 0.15) is 0 Å². The Morgan fingerprint density at radius 2 is 2.16 bits per heavy atom. The third kappa shape index (κ3) is 3.61. The lowest BCUT2D eigenvalue weighted by atomic mass is 9.96. The number of rotatable bonds is 4. The van der Waals surface area contributed by atoms with Crippen molar-refractivity contribution in [1.82, 2.24) is 20.4 Å². The van der Waals surface area contributed by atoms with E-state index in [0.29, 0.717) is 5.89 Å². The molecule has 0 fully saturated rings. The zero-order chi connectivity index (χ0) is 13.9. The van der Waals surface area contributed by atoms with Crippen molar-refractivity contribution in [3.05, 3.63) is 41.8 Å². The molecular weight excluding hydrogens is 240 g/mol. The van der Waals surface area contributed by atoms with Gasteiger partial charge in [0, 0.05) is 24.4 Å². The van der Waals surface area contributed by atoms with E-state index in [1.807, 2.05) is 25.3 Å². The van der Waals surface area contributed by atoms with Gasteiger partial charge >= 0.3 is 0 Å². The minimum absolute atomic E-state index is 0.0174. The summed E-state index contributed by atoms with van der Waals surface area (Å²) in [6.45, 7) is 8.93. The molecule has 0 aliphatic carbocycles. The first kappa shape index (κ1) is 13.7. The molecule has 0 aliphatic rings. The van der Waals surface area contributed by atoms with Crippen molar-refractivity contribution in [2.24, 2.45) is 0 Å². The van der Waals surface area contributed by atoms with E-state index in [1.165, 1.54) is 0 Å². The number of nitrogens with one attached hydrogen (secondary N) is 1. The maximum absolute atomic E-state index is 5.30. The van der Waals surface area contributed by atoms with Gasteiger partial charge in [0.05, 0.1) is 6.04 Å². The van der Waals surface area contributed by atoms with Gasteiger partial charge in [0.25, 0.3) is 0 Å². The Morgan fingerprint density at radius 3 is 2.74 bits per heavy atom. The van der Waals surface area contributed by atoms with Gasteiger partial charge in [0.15, 0.2) is 5.82 Å². The summed E-state index contributed by atoms with van der Waals surface area (Å²) in [4.78, 5) is 8.52. The van der Waals surface area contributed by atoms with E-state index in [9.17, 15) is 0 Å². The molecule has 0 saturated heterocycles. The molecule has 5 nitrogen and oxygen atoms in total. The number of aromatic nitrogens is 3.